The summed E-state index contributed by atoms with van der Waals surface area (Å²) in [5, 5.41) is 15.7. The van der Waals surface area contributed by atoms with E-state index in [9.17, 15) is 0 Å². The number of hydrogen-bond donors (Lipinski definition) is 0. The molecular formula is C64H38SSe. The molecule has 0 N–H and O–H groups in total. The third-order valence-electron chi connectivity index (χ3n) is 13.8. The van der Waals surface area contributed by atoms with E-state index in [0.29, 0.717) is 0 Å². The van der Waals surface area contributed by atoms with Crippen molar-refractivity contribution in [1.82, 2.24) is 0 Å². The predicted molar refractivity (Wildman–Crippen MR) is 288 cm³/mol. The van der Waals surface area contributed by atoms with E-state index in [1.807, 2.05) is 11.3 Å². The minimum Gasteiger partial charge on any atom is -0.0617 e. The number of thiophene rings is 1. The molecule has 14 rings (SSSR count). The Labute approximate surface area is 392 Å². The van der Waals surface area contributed by atoms with Crippen LogP contribution in [0.25, 0.3) is 138 Å². The molecule has 2 heteroatoms. The van der Waals surface area contributed by atoms with Crippen LogP contribution in [-0.2, 0) is 0 Å². The van der Waals surface area contributed by atoms with E-state index in [-0.39, 0.29) is 14.5 Å². The first-order valence-electron chi connectivity index (χ1n) is 22.7. The summed E-state index contributed by atoms with van der Waals surface area (Å²) in [6.07, 6.45) is 0. The molecule has 0 aliphatic carbocycles. The van der Waals surface area contributed by atoms with Gasteiger partial charge in [0.05, 0.1) is 0 Å². The molecule has 0 aliphatic heterocycles. The van der Waals surface area contributed by atoms with E-state index >= 15 is 0 Å². The Balaban J connectivity index is 0.965. The zero-order valence-corrected chi connectivity index (χ0v) is 38.3. The number of rotatable bonds is 5. The molecule has 12 aromatic carbocycles. The molecule has 0 radical (unpaired) electrons. The molecule has 0 fully saturated rings. The number of fused-ring (bicyclic) bond motifs is 10. The van der Waals surface area contributed by atoms with Crippen molar-refractivity contribution in [3.05, 3.63) is 231 Å². The van der Waals surface area contributed by atoms with Gasteiger partial charge in [0.15, 0.2) is 0 Å². The summed E-state index contributed by atoms with van der Waals surface area (Å²) in [5.41, 5.74) is 12.8. The zero-order valence-electron chi connectivity index (χ0n) is 35.8. The van der Waals surface area contributed by atoms with Crippen molar-refractivity contribution in [3.63, 3.8) is 0 Å². The number of benzene rings is 12. The summed E-state index contributed by atoms with van der Waals surface area (Å²) < 4.78 is 5.53. The molecule has 0 bridgehead atoms. The van der Waals surface area contributed by atoms with E-state index in [0.717, 1.165) is 0 Å². The van der Waals surface area contributed by atoms with E-state index in [1.165, 1.54) is 138 Å². The van der Waals surface area contributed by atoms with Crippen LogP contribution in [0.1, 0.15) is 0 Å². The molecule has 14 aromatic rings. The molecule has 0 atom stereocenters. The van der Waals surface area contributed by atoms with Crippen LogP contribution in [0, 0.1) is 0 Å². The van der Waals surface area contributed by atoms with E-state index in [4.69, 9.17) is 0 Å². The van der Waals surface area contributed by atoms with Crippen molar-refractivity contribution < 1.29 is 0 Å². The molecule has 66 heavy (non-hydrogen) atoms. The molecule has 0 spiro atoms. The van der Waals surface area contributed by atoms with Gasteiger partial charge in [-0.05, 0) is 17.2 Å². The van der Waals surface area contributed by atoms with Crippen LogP contribution in [0.15, 0.2) is 231 Å². The molecule has 0 saturated carbocycles. The van der Waals surface area contributed by atoms with Crippen LogP contribution in [-0.4, -0.2) is 14.5 Å². The smallest absolute Gasteiger partial charge is 0.0617 e. The molecule has 0 saturated heterocycles. The summed E-state index contributed by atoms with van der Waals surface area (Å²) in [6.45, 7) is 0. The summed E-state index contributed by atoms with van der Waals surface area (Å²) >= 11 is 2.03. The van der Waals surface area contributed by atoms with Crippen LogP contribution in [0.3, 0.4) is 0 Å². The predicted octanol–water partition coefficient (Wildman–Crippen LogP) is 18.4. The van der Waals surface area contributed by atoms with E-state index in [2.05, 4.69) is 231 Å². The Hall–Kier alpha value is -7.58. The first kappa shape index (κ1) is 37.8. The molecule has 306 valence electrons. The Morgan fingerprint density at radius 2 is 0.667 bits per heavy atom. The monoisotopic (exact) mass is 918 g/mol. The third-order valence-corrected chi connectivity index (χ3v) is 17.3. The normalized spacial score (nSPS) is 11.9. The Morgan fingerprint density at radius 1 is 0.242 bits per heavy atom. The quantitative estimate of drug-likeness (QED) is 0.119. The second-order valence-corrected chi connectivity index (χ2v) is 20.8. The number of hydrogen-bond acceptors (Lipinski definition) is 1. The minimum absolute atomic E-state index is 0.150. The van der Waals surface area contributed by atoms with Crippen molar-refractivity contribution >= 4 is 108 Å². The summed E-state index contributed by atoms with van der Waals surface area (Å²) in [5.74, 6) is 0. The maximum atomic E-state index is 2.52. The van der Waals surface area contributed by atoms with Crippen molar-refractivity contribution in [3.8, 4) is 55.6 Å². The Bertz CT molecular complexity index is 4160. The standard InChI is InChI=1S/C64H38SSe/c1-3-16-39(17-4-1)41-31-34-56-54(36-41)55-37-42(32-35-57(55)65-56)61-44-20-7-9-22-46(44)62(47-23-10-8-21-45(47)61)43-30-33-52-59(38-43)66-58-29-15-28-53(64(52)58)63-50-26-13-11-24-48(50)60(40-18-5-2-6-19-40)49-25-12-14-27-51(49)63/h1-38H. The summed E-state index contributed by atoms with van der Waals surface area (Å²) in [6, 6.07) is 86.3. The van der Waals surface area contributed by atoms with Crippen LogP contribution in [0.2, 0.25) is 0 Å². The van der Waals surface area contributed by atoms with Gasteiger partial charge >= 0.3 is 341 Å². The molecule has 0 unspecified atom stereocenters. The maximum absolute atomic E-state index is 2.52. The van der Waals surface area contributed by atoms with Crippen LogP contribution in [0.4, 0.5) is 0 Å². The minimum atomic E-state index is 0.150. The second kappa shape index (κ2) is 15.0. The molecular weight excluding hydrogens is 880 g/mol. The van der Waals surface area contributed by atoms with Gasteiger partial charge in [0, 0.05) is 0 Å². The fourth-order valence-electron chi connectivity index (χ4n) is 11.0. The van der Waals surface area contributed by atoms with Gasteiger partial charge < -0.3 is 0 Å². The van der Waals surface area contributed by atoms with Crippen LogP contribution < -0.4 is 0 Å². The van der Waals surface area contributed by atoms with Crippen molar-refractivity contribution in [1.29, 1.82) is 0 Å². The van der Waals surface area contributed by atoms with Gasteiger partial charge in [0.2, 0.25) is 0 Å². The fraction of sp³-hybridized carbons (Fsp3) is 0. The second-order valence-electron chi connectivity index (χ2n) is 17.4. The van der Waals surface area contributed by atoms with Crippen molar-refractivity contribution in [2.45, 2.75) is 0 Å². The summed E-state index contributed by atoms with van der Waals surface area (Å²) in [4.78, 5) is 0. The van der Waals surface area contributed by atoms with Gasteiger partial charge in [0.1, 0.15) is 0 Å². The van der Waals surface area contributed by atoms with Gasteiger partial charge in [0.25, 0.3) is 0 Å². The van der Waals surface area contributed by atoms with Crippen molar-refractivity contribution in [2.75, 3.05) is 0 Å². The molecule has 0 amide bonds. The molecule has 2 aromatic heterocycles. The average Bonchev–Trinajstić information content (AvgIpc) is 3.95. The first-order chi connectivity index (χ1) is 32.7. The zero-order chi connectivity index (χ0) is 43.3. The molecule has 0 aliphatic rings. The van der Waals surface area contributed by atoms with Crippen molar-refractivity contribution in [2.24, 2.45) is 0 Å². The molecule has 2 heterocycles. The topological polar surface area (TPSA) is 0 Å². The first-order valence-corrected chi connectivity index (χ1v) is 25.2. The van der Waals surface area contributed by atoms with Gasteiger partial charge in [-0.3, -0.25) is 0 Å². The van der Waals surface area contributed by atoms with Gasteiger partial charge in [-0.2, -0.15) is 0 Å². The van der Waals surface area contributed by atoms with E-state index in [1.54, 1.807) is 0 Å². The van der Waals surface area contributed by atoms with E-state index < -0.39 is 0 Å². The third kappa shape index (κ3) is 5.76. The molecule has 0 nitrogen and oxygen atoms in total. The Morgan fingerprint density at radius 3 is 1.21 bits per heavy atom. The van der Waals surface area contributed by atoms with Gasteiger partial charge in [-0.25, -0.2) is 0 Å². The van der Waals surface area contributed by atoms with Crippen LogP contribution >= 0.6 is 11.3 Å². The fourth-order valence-corrected chi connectivity index (χ4v) is 14.5. The van der Waals surface area contributed by atoms with Crippen LogP contribution in [0.5, 0.6) is 0 Å². The van der Waals surface area contributed by atoms with Gasteiger partial charge in [-0.1, -0.05) is 36.4 Å². The average molecular weight is 918 g/mol. The SMILES string of the molecule is c1ccc(-c2ccc3sc4ccc(-c5c6ccccc6c(-c6ccc7c(c6)[se]c6cccc(-c8c9ccccc9c(-c9ccccc9)c9ccccc89)c67)c6ccccc56)cc4c3c2)cc1. The summed E-state index contributed by atoms with van der Waals surface area (Å²) in [7, 11) is 0. The Kier molecular flexibility index (Phi) is 8.58. The van der Waals surface area contributed by atoms with Gasteiger partial charge in [-0.15, -0.1) is 0 Å².